The summed E-state index contributed by atoms with van der Waals surface area (Å²) in [4.78, 5) is 10.4. The second kappa shape index (κ2) is 5.24. The molecule has 1 aliphatic rings. The Labute approximate surface area is 132 Å². The monoisotopic (exact) mass is 306 g/mol. The number of benzene rings is 2. The van der Waals surface area contributed by atoms with Crippen molar-refractivity contribution >= 4 is 11.5 Å². The van der Waals surface area contributed by atoms with E-state index in [0.29, 0.717) is 0 Å². The summed E-state index contributed by atoms with van der Waals surface area (Å²) in [6.07, 6.45) is 0.923. The molecular formula is C17H14N4O2. The van der Waals surface area contributed by atoms with Crippen LogP contribution in [0.3, 0.4) is 0 Å². The normalized spacial score (nSPS) is 12.7. The smallest absolute Gasteiger partial charge is 0.269 e. The van der Waals surface area contributed by atoms with Crippen molar-refractivity contribution in [3.63, 3.8) is 0 Å². The molecule has 0 radical (unpaired) electrons. The Morgan fingerprint density at radius 3 is 2.52 bits per heavy atom. The van der Waals surface area contributed by atoms with E-state index in [-0.39, 0.29) is 5.69 Å². The van der Waals surface area contributed by atoms with Crippen LogP contribution in [-0.2, 0) is 6.42 Å². The fourth-order valence-corrected chi connectivity index (χ4v) is 2.90. The van der Waals surface area contributed by atoms with E-state index in [1.165, 1.54) is 17.7 Å². The number of rotatable bonds is 3. The molecule has 1 N–H and O–H groups in total. The predicted octanol–water partition coefficient (Wildman–Crippen LogP) is 3.42. The first-order chi connectivity index (χ1) is 11.2. The van der Waals surface area contributed by atoms with Gasteiger partial charge in [0.25, 0.3) is 5.69 Å². The van der Waals surface area contributed by atoms with E-state index in [0.717, 1.165) is 35.7 Å². The van der Waals surface area contributed by atoms with Gasteiger partial charge in [-0.1, -0.05) is 30.3 Å². The highest BCUT2D eigenvalue weighted by Crippen LogP contribution is 2.34. The van der Waals surface area contributed by atoms with Crippen LogP contribution in [0.4, 0.5) is 11.5 Å². The molecule has 0 atom stereocenters. The third kappa shape index (κ3) is 2.24. The van der Waals surface area contributed by atoms with Gasteiger partial charge < -0.3 is 5.32 Å². The third-order valence-corrected chi connectivity index (χ3v) is 4.00. The average Bonchev–Trinajstić information content (AvgIpc) is 3.18. The maximum Gasteiger partial charge on any atom is 0.269 e. The summed E-state index contributed by atoms with van der Waals surface area (Å²) in [5.41, 5.74) is 4.11. The molecule has 2 aromatic carbocycles. The fourth-order valence-electron chi connectivity index (χ4n) is 2.90. The first kappa shape index (κ1) is 13.5. The van der Waals surface area contributed by atoms with Crippen molar-refractivity contribution in [2.75, 3.05) is 11.9 Å². The zero-order chi connectivity index (χ0) is 15.8. The Hall–Kier alpha value is -3.15. The van der Waals surface area contributed by atoms with Crippen LogP contribution in [0.15, 0.2) is 54.6 Å². The lowest BCUT2D eigenvalue weighted by atomic mass is 10.1. The number of aromatic nitrogens is 2. The van der Waals surface area contributed by atoms with Crippen LogP contribution in [0.1, 0.15) is 5.56 Å². The second-order valence-corrected chi connectivity index (χ2v) is 5.40. The zero-order valence-corrected chi connectivity index (χ0v) is 12.3. The first-order valence-corrected chi connectivity index (χ1v) is 7.40. The lowest BCUT2D eigenvalue weighted by molar-refractivity contribution is -0.384. The highest BCUT2D eigenvalue weighted by molar-refractivity contribution is 5.72. The summed E-state index contributed by atoms with van der Waals surface area (Å²) in [6, 6.07) is 16.5. The largest absolute Gasteiger partial charge is 0.369 e. The van der Waals surface area contributed by atoms with Gasteiger partial charge in [0.1, 0.15) is 5.82 Å². The van der Waals surface area contributed by atoms with E-state index in [4.69, 9.17) is 5.10 Å². The van der Waals surface area contributed by atoms with E-state index in [1.54, 1.807) is 12.1 Å². The first-order valence-electron chi connectivity index (χ1n) is 7.40. The maximum absolute atomic E-state index is 10.8. The zero-order valence-electron chi connectivity index (χ0n) is 12.3. The number of hydrogen-bond acceptors (Lipinski definition) is 4. The van der Waals surface area contributed by atoms with Crippen LogP contribution >= 0.6 is 0 Å². The fraction of sp³-hybridized carbons (Fsp3) is 0.118. The van der Waals surface area contributed by atoms with E-state index < -0.39 is 4.92 Å². The van der Waals surface area contributed by atoms with E-state index >= 15 is 0 Å². The molecule has 0 fully saturated rings. The molecule has 2 heterocycles. The van der Waals surface area contributed by atoms with E-state index in [9.17, 15) is 10.1 Å². The van der Waals surface area contributed by atoms with Crippen molar-refractivity contribution in [2.45, 2.75) is 6.42 Å². The van der Waals surface area contributed by atoms with Crippen molar-refractivity contribution < 1.29 is 4.92 Å². The second-order valence-electron chi connectivity index (χ2n) is 5.40. The van der Waals surface area contributed by atoms with Crippen molar-refractivity contribution in [1.29, 1.82) is 0 Å². The van der Waals surface area contributed by atoms with Crippen LogP contribution in [0.5, 0.6) is 0 Å². The Balaban J connectivity index is 1.82. The van der Waals surface area contributed by atoms with Crippen LogP contribution < -0.4 is 5.32 Å². The molecule has 0 unspecified atom stereocenters. The minimum atomic E-state index is -0.398. The lowest BCUT2D eigenvalue weighted by Crippen LogP contribution is -2.04. The number of nitro groups is 1. The molecule has 6 nitrogen and oxygen atoms in total. The highest BCUT2D eigenvalue weighted by Gasteiger charge is 2.23. The standard InChI is InChI=1S/C17H14N4O2/c22-21(23)14-8-6-13(7-9-14)20-17-15(10-11-18-17)16(19-20)12-4-2-1-3-5-12/h1-9,18H,10-11H2. The molecule has 23 heavy (non-hydrogen) atoms. The molecule has 0 amide bonds. The molecule has 3 aromatic rings. The van der Waals surface area contributed by atoms with Gasteiger partial charge >= 0.3 is 0 Å². The number of nitro benzene ring substituents is 1. The molecule has 0 saturated heterocycles. The summed E-state index contributed by atoms with van der Waals surface area (Å²) < 4.78 is 1.83. The van der Waals surface area contributed by atoms with Gasteiger partial charge in [-0.25, -0.2) is 4.68 Å². The van der Waals surface area contributed by atoms with E-state index in [2.05, 4.69) is 5.32 Å². The molecular weight excluding hydrogens is 292 g/mol. The minimum absolute atomic E-state index is 0.0776. The Morgan fingerprint density at radius 1 is 1.09 bits per heavy atom. The summed E-state index contributed by atoms with van der Waals surface area (Å²) in [5, 5.41) is 18.9. The minimum Gasteiger partial charge on any atom is -0.369 e. The quantitative estimate of drug-likeness (QED) is 0.594. The van der Waals surface area contributed by atoms with Crippen molar-refractivity contribution in [3.05, 3.63) is 70.3 Å². The van der Waals surface area contributed by atoms with Crippen LogP contribution in [0, 0.1) is 10.1 Å². The Morgan fingerprint density at radius 2 is 1.83 bits per heavy atom. The molecule has 6 heteroatoms. The number of nitrogens with zero attached hydrogens (tertiary/aromatic N) is 3. The van der Waals surface area contributed by atoms with Gasteiger partial charge in [-0.2, -0.15) is 5.10 Å². The predicted molar refractivity (Wildman–Crippen MR) is 87.8 cm³/mol. The van der Waals surface area contributed by atoms with Crippen LogP contribution in [0.25, 0.3) is 16.9 Å². The molecule has 4 rings (SSSR count). The summed E-state index contributed by atoms with van der Waals surface area (Å²) in [5.74, 6) is 0.970. The van der Waals surface area contributed by atoms with Crippen LogP contribution in [-0.4, -0.2) is 21.2 Å². The highest BCUT2D eigenvalue weighted by atomic mass is 16.6. The van der Waals surface area contributed by atoms with Gasteiger partial charge in [-0.3, -0.25) is 10.1 Å². The number of fused-ring (bicyclic) bond motifs is 1. The number of hydrogen-bond donors (Lipinski definition) is 1. The SMILES string of the molecule is O=[N+]([O-])c1ccc(-n2nc(-c3ccccc3)c3c2NCC3)cc1. The van der Waals surface area contributed by atoms with Crippen LogP contribution in [0.2, 0.25) is 0 Å². The molecule has 0 spiro atoms. The third-order valence-electron chi connectivity index (χ3n) is 4.00. The summed E-state index contributed by atoms with van der Waals surface area (Å²) in [6.45, 7) is 0.875. The number of anilines is 1. The number of nitrogens with one attached hydrogen (secondary N) is 1. The molecule has 0 bridgehead atoms. The topological polar surface area (TPSA) is 73.0 Å². The molecule has 1 aliphatic heterocycles. The summed E-state index contributed by atoms with van der Waals surface area (Å²) in [7, 11) is 0. The molecule has 0 saturated carbocycles. The Kier molecular flexibility index (Phi) is 3.08. The van der Waals surface area contributed by atoms with Gasteiger partial charge in [0.2, 0.25) is 0 Å². The molecule has 1 aromatic heterocycles. The lowest BCUT2D eigenvalue weighted by Gasteiger charge is -2.06. The van der Waals surface area contributed by atoms with Crippen molar-refractivity contribution in [2.24, 2.45) is 0 Å². The van der Waals surface area contributed by atoms with Gasteiger partial charge in [0, 0.05) is 29.8 Å². The van der Waals surface area contributed by atoms with E-state index in [1.807, 2.05) is 35.0 Å². The average molecular weight is 306 g/mol. The maximum atomic E-state index is 10.8. The summed E-state index contributed by atoms with van der Waals surface area (Å²) >= 11 is 0. The molecule has 0 aliphatic carbocycles. The van der Waals surface area contributed by atoms with Crippen molar-refractivity contribution in [3.8, 4) is 16.9 Å². The van der Waals surface area contributed by atoms with Gasteiger partial charge in [0.05, 0.1) is 16.3 Å². The molecule has 114 valence electrons. The van der Waals surface area contributed by atoms with Gasteiger partial charge in [-0.05, 0) is 18.6 Å². The van der Waals surface area contributed by atoms with Crippen molar-refractivity contribution in [1.82, 2.24) is 9.78 Å². The van der Waals surface area contributed by atoms with Gasteiger partial charge in [0.15, 0.2) is 0 Å². The number of non-ortho nitro benzene ring substituents is 1. The van der Waals surface area contributed by atoms with Gasteiger partial charge in [-0.15, -0.1) is 0 Å². The Bertz CT molecular complexity index is 870.